The molecular formula is C12H25N5O2S. The van der Waals surface area contributed by atoms with Crippen LogP contribution < -0.4 is 10.5 Å². The number of nitrogens with one attached hydrogen (secondary N) is 1. The summed E-state index contributed by atoms with van der Waals surface area (Å²) in [6, 6.07) is 0.421. The zero-order chi connectivity index (χ0) is 15.5. The van der Waals surface area contributed by atoms with Crippen LogP contribution in [0, 0.1) is 6.92 Å². The zero-order valence-electron chi connectivity index (χ0n) is 12.8. The zero-order valence-corrected chi connectivity index (χ0v) is 13.7. The van der Waals surface area contributed by atoms with E-state index in [1.54, 1.807) is 14.0 Å². The maximum absolute atomic E-state index is 12.2. The van der Waals surface area contributed by atoms with E-state index in [2.05, 4.69) is 28.6 Å². The van der Waals surface area contributed by atoms with Gasteiger partial charge in [0, 0.05) is 26.2 Å². The average molecular weight is 303 g/mol. The summed E-state index contributed by atoms with van der Waals surface area (Å²) in [6.45, 7) is 6.89. The van der Waals surface area contributed by atoms with Crippen LogP contribution in [0.3, 0.4) is 0 Å². The molecule has 0 bridgehead atoms. The molecule has 1 aromatic rings. The molecule has 0 saturated heterocycles. The van der Waals surface area contributed by atoms with Crippen molar-refractivity contribution < 1.29 is 8.42 Å². The minimum absolute atomic E-state index is 0.0350. The normalized spacial score (nSPS) is 13.9. The van der Waals surface area contributed by atoms with Crippen molar-refractivity contribution in [2.24, 2.45) is 7.05 Å². The molecule has 0 amide bonds. The van der Waals surface area contributed by atoms with Gasteiger partial charge >= 0.3 is 0 Å². The molecule has 0 radical (unpaired) electrons. The Morgan fingerprint density at radius 1 is 1.50 bits per heavy atom. The van der Waals surface area contributed by atoms with E-state index in [-0.39, 0.29) is 10.7 Å². The number of likely N-dealkylation sites (N-methyl/N-ethyl adjacent to an activating group) is 1. The van der Waals surface area contributed by atoms with Gasteiger partial charge in [-0.1, -0.05) is 6.92 Å². The fourth-order valence-corrected chi connectivity index (χ4v) is 3.25. The standard InChI is InChI=1S/C12H25N5O2S/c1-6-9(2)16(4)8-7-14-20(18,19)11-10(3)17(5)15-12(11)13/h9,14H,6-8H2,1-5H3,(H2,13,15). The third-order valence-electron chi connectivity index (χ3n) is 3.67. The largest absolute Gasteiger partial charge is 0.381 e. The molecule has 1 unspecified atom stereocenters. The predicted octanol–water partition coefficient (Wildman–Crippen LogP) is 0.319. The molecule has 0 aliphatic carbocycles. The summed E-state index contributed by atoms with van der Waals surface area (Å²) in [5.41, 5.74) is 6.20. The van der Waals surface area contributed by atoms with Gasteiger partial charge in [0.05, 0.1) is 5.69 Å². The first-order chi connectivity index (χ1) is 9.20. The van der Waals surface area contributed by atoms with E-state index < -0.39 is 10.0 Å². The Morgan fingerprint density at radius 2 is 2.10 bits per heavy atom. The molecule has 1 heterocycles. The lowest BCUT2D eigenvalue weighted by molar-refractivity contribution is 0.256. The van der Waals surface area contributed by atoms with Crippen LogP contribution in [0.4, 0.5) is 5.82 Å². The van der Waals surface area contributed by atoms with Gasteiger partial charge in [-0.15, -0.1) is 0 Å². The average Bonchev–Trinajstić information content (AvgIpc) is 2.62. The molecule has 0 aliphatic rings. The highest BCUT2D eigenvalue weighted by Crippen LogP contribution is 2.20. The van der Waals surface area contributed by atoms with Crippen LogP contribution in [-0.4, -0.2) is 49.3 Å². The van der Waals surface area contributed by atoms with Crippen LogP contribution in [-0.2, 0) is 17.1 Å². The number of nitrogens with two attached hydrogens (primary N) is 1. The monoisotopic (exact) mass is 303 g/mol. The first-order valence-corrected chi connectivity index (χ1v) is 8.18. The second-order valence-electron chi connectivity index (χ2n) is 5.06. The van der Waals surface area contributed by atoms with Crippen LogP contribution in [0.2, 0.25) is 0 Å². The molecular weight excluding hydrogens is 278 g/mol. The summed E-state index contributed by atoms with van der Waals surface area (Å²) < 4.78 is 28.5. The van der Waals surface area contributed by atoms with Gasteiger partial charge in [0.1, 0.15) is 4.90 Å². The SMILES string of the molecule is CCC(C)N(C)CCNS(=O)(=O)c1c(N)nn(C)c1C. The first kappa shape index (κ1) is 16.9. The number of sulfonamides is 1. The van der Waals surface area contributed by atoms with Gasteiger partial charge < -0.3 is 10.6 Å². The maximum Gasteiger partial charge on any atom is 0.246 e. The molecule has 3 N–H and O–H groups in total. The molecule has 0 saturated carbocycles. The van der Waals surface area contributed by atoms with Gasteiger partial charge in [-0.2, -0.15) is 5.10 Å². The molecule has 0 aromatic carbocycles. The van der Waals surface area contributed by atoms with E-state index in [4.69, 9.17) is 5.73 Å². The number of nitrogen functional groups attached to an aromatic ring is 1. The summed E-state index contributed by atoms with van der Waals surface area (Å²) in [6.07, 6.45) is 1.03. The Morgan fingerprint density at radius 3 is 2.55 bits per heavy atom. The highest BCUT2D eigenvalue weighted by atomic mass is 32.2. The minimum Gasteiger partial charge on any atom is -0.381 e. The molecule has 1 rings (SSSR count). The van der Waals surface area contributed by atoms with E-state index in [9.17, 15) is 8.42 Å². The van der Waals surface area contributed by atoms with Crippen molar-refractivity contribution in [3.05, 3.63) is 5.69 Å². The molecule has 0 spiro atoms. The number of anilines is 1. The minimum atomic E-state index is -3.61. The predicted molar refractivity (Wildman–Crippen MR) is 79.9 cm³/mol. The molecule has 8 heteroatoms. The second-order valence-corrected chi connectivity index (χ2v) is 6.76. The smallest absolute Gasteiger partial charge is 0.246 e. The van der Waals surface area contributed by atoms with E-state index in [0.29, 0.717) is 24.8 Å². The number of aromatic nitrogens is 2. The molecule has 1 aromatic heterocycles. The van der Waals surface area contributed by atoms with E-state index >= 15 is 0 Å². The van der Waals surface area contributed by atoms with Crippen LogP contribution in [0.5, 0.6) is 0 Å². The van der Waals surface area contributed by atoms with Crippen molar-refractivity contribution in [2.45, 2.75) is 38.1 Å². The number of hydrogen-bond donors (Lipinski definition) is 2. The highest BCUT2D eigenvalue weighted by molar-refractivity contribution is 7.89. The Kier molecular flexibility index (Phi) is 5.55. The summed E-state index contributed by atoms with van der Waals surface area (Å²) in [5.74, 6) is 0.0350. The van der Waals surface area contributed by atoms with Crippen molar-refractivity contribution in [2.75, 3.05) is 25.9 Å². The summed E-state index contributed by atoms with van der Waals surface area (Å²) in [4.78, 5) is 2.19. The number of rotatable bonds is 7. The van der Waals surface area contributed by atoms with Gasteiger partial charge in [0.15, 0.2) is 5.82 Å². The van der Waals surface area contributed by atoms with Crippen molar-refractivity contribution >= 4 is 15.8 Å². The van der Waals surface area contributed by atoms with E-state index in [1.165, 1.54) is 4.68 Å². The number of hydrogen-bond acceptors (Lipinski definition) is 5. The molecule has 0 fully saturated rings. The lowest BCUT2D eigenvalue weighted by atomic mass is 10.2. The van der Waals surface area contributed by atoms with Crippen LogP contribution in [0.15, 0.2) is 4.90 Å². The van der Waals surface area contributed by atoms with Crippen LogP contribution in [0.25, 0.3) is 0 Å². The first-order valence-electron chi connectivity index (χ1n) is 6.69. The van der Waals surface area contributed by atoms with E-state index in [1.807, 2.05) is 7.05 Å². The van der Waals surface area contributed by atoms with Gasteiger partial charge in [-0.25, -0.2) is 13.1 Å². The van der Waals surface area contributed by atoms with Crippen molar-refractivity contribution in [1.82, 2.24) is 19.4 Å². The molecule has 1 atom stereocenters. The van der Waals surface area contributed by atoms with Crippen molar-refractivity contribution in [3.63, 3.8) is 0 Å². The summed E-state index contributed by atoms with van der Waals surface area (Å²) >= 11 is 0. The van der Waals surface area contributed by atoms with Gasteiger partial charge in [0.25, 0.3) is 0 Å². The van der Waals surface area contributed by atoms with Crippen LogP contribution in [0.1, 0.15) is 26.0 Å². The van der Waals surface area contributed by atoms with Gasteiger partial charge in [-0.3, -0.25) is 4.68 Å². The second kappa shape index (κ2) is 6.55. The third-order valence-corrected chi connectivity index (χ3v) is 5.30. The Hall–Kier alpha value is -1.12. The Labute approximate surface area is 121 Å². The summed E-state index contributed by atoms with van der Waals surface area (Å²) in [7, 11) is 0.0325. The maximum atomic E-state index is 12.2. The lowest BCUT2D eigenvalue weighted by Crippen LogP contribution is -2.37. The number of nitrogens with zero attached hydrogens (tertiary/aromatic N) is 3. The quantitative estimate of drug-likeness (QED) is 0.756. The molecule has 0 aliphatic heterocycles. The fraction of sp³-hybridized carbons (Fsp3) is 0.750. The fourth-order valence-electron chi connectivity index (χ4n) is 1.91. The van der Waals surface area contributed by atoms with Gasteiger partial charge in [0.2, 0.25) is 10.0 Å². The number of aryl methyl sites for hydroxylation is 1. The third kappa shape index (κ3) is 3.71. The van der Waals surface area contributed by atoms with Crippen molar-refractivity contribution in [3.8, 4) is 0 Å². The topological polar surface area (TPSA) is 93.2 Å². The van der Waals surface area contributed by atoms with Crippen LogP contribution >= 0.6 is 0 Å². The molecule has 20 heavy (non-hydrogen) atoms. The lowest BCUT2D eigenvalue weighted by Gasteiger charge is -2.23. The summed E-state index contributed by atoms with van der Waals surface area (Å²) in [5, 5.41) is 3.93. The molecule has 7 nitrogen and oxygen atoms in total. The Bertz CT molecular complexity index is 552. The van der Waals surface area contributed by atoms with Crippen molar-refractivity contribution in [1.29, 1.82) is 0 Å². The van der Waals surface area contributed by atoms with Gasteiger partial charge in [-0.05, 0) is 27.3 Å². The highest BCUT2D eigenvalue weighted by Gasteiger charge is 2.24. The Balaban J connectivity index is 2.72. The van der Waals surface area contributed by atoms with E-state index in [0.717, 1.165) is 6.42 Å². The molecule has 116 valence electrons.